The zero-order valence-electron chi connectivity index (χ0n) is 17.5. The van der Waals surface area contributed by atoms with Gasteiger partial charge in [0.15, 0.2) is 0 Å². The Balaban J connectivity index is 1.73. The number of para-hydroxylation sites is 2. The molecule has 1 saturated heterocycles. The highest BCUT2D eigenvalue weighted by Gasteiger charge is 2.48. The van der Waals surface area contributed by atoms with E-state index >= 15 is 0 Å². The number of nitrogens with one attached hydrogen (secondary N) is 1. The molecule has 2 aliphatic heterocycles. The number of hydrogen-bond acceptors (Lipinski definition) is 3. The van der Waals surface area contributed by atoms with Crippen LogP contribution >= 0.6 is 0 Å². The van der Waals surface area contributed by atoms with E-state index in [-0.39, 0.29) is 18.4 Å². The Hall–Kier alpha value is -3.54. The number of aromatic nitrogens is 1. The second kappa shape index (κ2) is 7.61. The third-order valence-corrected chi connectivity index (χ3v) is 6.21. The van der Waals surface area contributed by atoms with E-state index in [0.717, 1.165) is 33.5 Å². The zero-order valence-corrected chi connectivity index (χ0v) is 17.5. The van der Waals surface area contributed by atoms with Gasteiger partial charge in [-0.3, -0.25) is 9.59 Å². The lowest BCUT2D eigenvalue weighted by atomic mass is 9.86. The number of rotatable bonds is 5. The first-order chi connectivity index (χ1) is 15.1. The maximum Gasteiger partial charge on any atom is 0.246 e. The SMILES string of the molecule is C=CCN1CC(=O)N2[C@H](c3ccccc3OCC)c3[nH]c4ccccc4c3C[C@H]2C1=O. The van der Waals surface area contributed by atoms with Gasteiger partial charge in [0.05, 0.1) is 6.61 Å². The molecular formula is C25H25N3O3. The van der Waals surface area contributed by atoms with Crippen LogP contribution in [0.4, 0.5) is 0 Å². The number of carbonyl (C=O) groups excluding carboxylic acids is 2. The minimum absolute atomic E-state index is 0.0330. The lowest BCUT2D eigenvalue weighted by Crippen LogP contribution is -2.63. The highest BCUT2D eigenvalue weighted by atomic mass is 16.5. The molecule has 5 rings (SSSR count). The summed E-state index contributed by atoms with van der Waals surface area (Å²) in [6.45, 7) is 6.63. The van der Waals surface area contributed by atoms with Crippen molar-refractivity contribution in [3.63, 3.8) is 0 Å². The molecule has 2 aromatic carbocycles. The van der Waals surface area contributed by atoms with Crippen molar-refractivity contribution < 1.29 is 14.3 Å². The predicted octanol–water partition coefficient (Wildman–Crippen LogP) is 3.44. The molecule has 1 fully saturated rings. The molecule has 1 aromatic heterocycles. The van der Waals surface area contributed by atoms with Crippen molar-refractivity contribution in [2.24, 2.45) is 0 Å². The molecule has 2 aliphatic rings. The number of hydrogen-bond donors (Lipinski definition) is 1. The molecule has 3 heterocycles. The number of amides is 2. The molecule has 2 atom stereocenters. The summed E-state index contributed by atoms with van der Waals surface area (Å²) in [7, 11) is 0. The Morgan fingerprint density at radius 1 is 1.16 bits per heavy atom. The lowest BCUT2D eigenvalue weighted by molar-refractivity contribution is -0.158. The molecule has 0 aliphatic carbocycles. The number of H-pyrrole nitrogens is 1. The van der Waals surface area contributed by atoms with Gasteiger partial charge >= 0.3 is 0 Å². The van der Waals surface area contributed by atoms with Crippen LogP contribution in [0.1, 0.15) is 29.8 Å². The molecule has 158 valence electrons. The second-order valence-corrected chi connectivity index (χ2v) is 7.96. The average Bonchev–Trinajstić information content (AvgIpc) is 3.15. The van der Waals surface area contributed by atoms with Crippen molar-refractivity contribution in [1.29, 1.82) is 0 Å². The fraction of sp³-hybridized carbons (Fsp3) is 0.280. The molecule has 0 unspecified atom stereocenters. The first kappa shape index (κ1) is 19.4. The zero-order chi connectivity index (χ0) is 21.5. The average molecular weight is 415 g/mol. The van der Waals surface area contributed by atoms with Gasteiger partial charge in [-0.15, -0.1) is 6.58 Å². The van der Waals surface area contributed by atoms with Gasteiger partial charge in [0.2, 0.25) is 11.8 Å². The largest absolute Gasteiger partial charge is 0.494 e. The van der Waals surface area contributed by atoms with E-state index in [9.17, 15) is 9.59 Å². The summed E-state index contributed by atoms with van der Waals surface area (Å²) in [6.07, 6.45) is 2.16. The Bertz CT molecular complexity index is 1180. The van der Waals surface area contributed by atoms with Gasteiger partial charge in [0, 0.05) is 35.1 Å². The van der Waals surface area contributed by atoms with Crippen LogP contribution < -0.4 is 4.74 Å². The Labute approximate surface area is 181 Å². The van der Waals surface area contributed by atoms with Gasteiger partial charge in [-0.25, -0.2) is 0 Å². The van der Waals surface area contributed by atoms with E-state index in [1.54, 1.807) is 15.9 Å². The van der Waals surface area contributed by atoms with E-state index in [2.05, 4.69) is 17.6 Å². The van der Waals surface area contributed by atoms with Crippen molar-refractivity contribution >= 4 is 22.7 Å². The summed E-state index contributed by atoms with van der Waals surface area (Å²) in [5, 5.41) is 1.09. The molecule has 6 nitrogen and oxygen atoms in total. The second-order valence-electron chi connectivity index (χ2n) is 7.96. The van der Waals surface area contributed by atoms with E-state index in [4.69, 9.17) is 4.74 Å². The van der Waals surface area contributed by atoms with Crippen molar-refractivity contribution in [3.8, 4) is 5.75 Å². The number of benzene rings is 2. The summed E-state index contributed by atoms with van der Waals surface area (Å²) in [5.74, 6) is 0.635. The first-order valence-electron chi connectivity index (χ1n) is 10.7. The summed E-state index contributed by atoms with van der Waals surface area (Å²) >= 11 is 0. The fourth-order valence-electron chi connectivity index (χ4n) is 4.95. The minimum atomic E-state index is -0.549. The van der Waals surface area contributed by atoms with Gasteiger partial charge < -0.3 is 19.5 Å². The van der Waals surface area contributed by atoms with Crippen LogP contribution in [-0.2, 0) is 16.0 Å². The smallest absolute Gasteiger partial charge is 0.246 e. The van der Waals surface area contributed by atoms with Gasteiger partial charge in [-0.05, 0) is 24.6 Å². The van der Waals surface area contributed by atoms with Crippen LogP contribution in [-0.4, -0.2) is 52.3 Å². The van der Waals surface area contributed by atoms with Crippen LogP contribution in [0.5, 0.6) is 5.75 Å². The van der Waals surface area contributed by atoms with Crippen LogP contribution in [0.3, 0.4) is 0 Å². The van der Waals surface area contributed by atoms with Gasteiger partial charge in [0.25, 0.3) is 0 Å². The van der Waals surface area contributed by atoms with E-state index in [1.807, 2.05) is 49.4 Å². The highest BCUT2D eigenvalue weighted by molar-refractivity contribution is 5.97. The third-order valence-electron chi connectivity index (χ3n) is 6.21. The normalized spacial score (nSPS) is 20.5. The molecule has 6 heteroatoms. The molecule has 0 saturated carbocycles. The van der Waals surface area contributed by atoms with Crippen molar-refractivity contribution in [2.75, 3.05) is 19.7 Å². The quantitative estimate of drug-likeness (QED) is 0.650. The van der Waals surface area contributed by atoms with Crippen LogP contribution in [0, 0.1) is 0 Å². The van der Waals surface area contributed by atoms with E-state index in [1.165, 1.54) is 0 Å². The summed E-state index contributed by atoms with van der Waals surface area (Å²) in [5.41, 5.74) is 3.95. The fourth-order valence-corrected chi connectivity index (χ4v) is 4.95. The number of aromatic amines is 1. The van der Waals surface area contributed by atoms with Gasteiger partial charge in [-0.2, -0.15) is 0 Å². The van der Waals surface area contributed by atoms with Crippen LogP contribution in [0.15, 0.2) is 61.2 Å². The molecular weight excluding hydrogens is 390 g/mol. The standard InChI is InChI=1S/C25H25N3O3/c1-3-13-27-15-22(29)28-20(25(27)30)14-18-16-9-5-7-11-19(16)26-23(18)24(28)17-10-6-8-12-21(17)31-4-2/h3,5-12,20,24,26H,1,4,13-15H2,2H3/t20-,24+/m0/s1. The maximum atomic E-state index is 13.4. The Morgan fingerprint density at radius 2 is 1.94 bits per heavy atom. The van der Waals surface area contributed by atoms with Gasteiger partial charge in [0.1, 0.15) is 24.4 Å². The van der Waals surface area contributed by atoms with Crippen molar-refractivity contribution in [1.82, 2.24) is 14.8 Å². The molecule has 3 aromatic rings. The topological polar surface area (TPSA) is 65.6 Å². The van der Waals surface area contributed by atoms with Gasteiger partial charge in [-0.1, -0.05) is 42.5 Å². The maximum absolute atomic E-state index is 13.4. The van der Waals surface area contributed by atoms with Crippen LogP contribution in [0.25, 0.3) is 10.9 Å². The Kier molecular flexibility index (Phi) is 4.77. The summed E-state index contributed by atoms with van der Waals surface area (Å²) in [4.78, 5) is 33.7. The Morgan fingerprint density at radius 3 is 2.74 bits per heavy atom. The number of fused-ring (bicyclic) bond motifs is 4. The highest BCUT2D eigenvalue weighted by Crippen LogP contribution is 2.44. The predicted molar refractivity (Wildman–Crippen MR) is 119 cm³/mol. The first-order valence-corrected chi connectivity index (χ1v) is 10.7. The summed E-state index contributed by atoms with van der Waals surface area (Å²) in [6, 6.07) is 14.9. The third kappa shape index (κ3) is 3.02. The lowest BCUT2D eigenvalue weighted by Gasteiger charge is -2.47. The molecule has 0 spiro atoms. The van der Waals surface area contributed by atoms with Crippen molar-refractivity contribution in [2.45, 2.75) is 25.4 Å². The molecule has 2 amide bonds. The number of nitrogens with zero attached hydrogens (tertiary/aromatic N) is 2. The number of ether oxygens (including phenoxy) is 1. The van der Waals surface area contributed by atoms with Crippen LogP contribution in [0.2, 0.25) is 0 Å². The minimum Gasteiger partial charge on any atom is -0.494 e. The summed E-state index contributed by atoms with van der Waals surface area (Å²) < 4.78 is 5.92. The number of piperazine rings is 1. The van der Waals surface area contributed by atoms with Crippen molar-refractivity contribution in [3.05, 3.63) is 78.0 Å². The number of carbonyl (C=O) groups is 2. The monoisotopic (exact) mass is 415 g/mol. The van der Waals surface area contributed by atoms with E-state index < -0.39 is 12.1 Å². The molecule has 0 radical (unpaired) electrons. The van der Waals surface area contributed by atoms with E-state index in [0.29, 0.717) is 19.6 Å². The molecule has 1 N–H and O–H groups in total. The molecule has 31 heavy (non-hydrogen) atoms. The molecule has 0 bridgehead atoms.